The summed E-state index contributed by atoms with van der Waals surface area (Å²) in [5.74, 6) is 0.349. The summed E-state index contributed by atoms with van der Waals surface area (Å²) in [6.45, 7) is 3.94. The second-order valence-electron chi connectivity index (χ2n) is 4.85. The number of nitrogens with one attached hydrogen (secondary N) is 1. The van der Waals surface area contributed by atoms with Crippen molar-refractivity contribution < 1.29 is 4.79 Å². The number of pyridine rings is 1. The molecule has 0 aliphatic carbocycles. The predicted octanol–water partition coefficient (Wildman–Crippen LogP) is 0.660. The molecule has 1 fully saturated rings. The lowest BCUT2D eigenvalue weighted by atomic mass is 10.1. The molecule has 0 bridgehead atoms. The molecule has 1 aromatic heterocycles. The molecule has 5 heteroatoms. The molecular formula is C13H20N4O. The van der Waals surface area contributed by atoms with E-state index in [1.807, 2.05) is 13.0 Å². The van der Waals surface area contributed by atoms with Crippen molar-refractivity contribution in [3.63, 3.8) is 0 Å². The van der Waals surface area contributed by atoms with Gasteiger partial charge in [-0.3, -0.25) is 4.79 Å². The van der Waals surface area contributed by atoms with Gasteiger partial charge in [0.1, 0.15) is 5.82 Å². The molecule has 0 spiro atoms. The minimum absolute atomic E-state index is 0.0564. The average molecular weight is 248 g/mol. The van der Waals surface area contributed by atoms with Crippen LogP contribution in [0.5, 0.6) is 0 Å². The van der Waals surface area contributed by atoms with E-state index in [2.05, 4.69) is 22.2 Å². The van der Waals surface area contributed by atoms with E-state index in [0.717, 1.165) is 31.6 Å². The highest BCUT2D eigenvalue weighted by Crippen LogP contribution is 2.11. The van der Waals surface area contributed by atoms with Gasteiger partial charge in [0.15, 0.2) is 0 Å². The van der Waals surface area contributed by atoms with Crippen LogP contribution in [0.25, 0.3) is 0 Å². The number of carbonyl (C=O) groups is 1. The zero-order valence-corrected chi connectivity index (χ0v) is 10.9. The molecule has 3 N–H and O–H groups in total. The number of nitrogens with two attached hydrogens (primary N) is 1. The second-order valence-corrected chi connectivity index (χ2v) is 4.85. The van der Waals surface area contributed by atoms with Gasteiger partial charge < -0.3 is 16.0 Å². The fourth-order valence-electron chi connectivity index (χ4n) is 2.24. The smallest absolute Gasteiger partial charge is 0.251 e. The summed E-state index contributed by atoms with van der Waals surface area (Å²) in [4.78, 5) is 18.5. The fraction of sp³-hybridized carbons (Fsp3) is 0.538. The molecule has 1 saturated heterocycles. The van der Waals surface area contributed by atoms with Crippen molar-refractivity contribution in [3.05, 3.63) is 23.4 Å². The highest BCUT2D eigenvalue weighted by atomic mass is 16.1. The summed E-state index contributed by atoms with van der Waals surface area (Å²) < 4.78 is 0. The Hall–Kier alpha value is -1.62. The molecule has 1 amide bonds. The quantitative estimate of drug-likeness (QED) is 0.824. The third-order valence-corrected chi connectivity index (χ3v) is 3.25. The molecule has 98 valence electrons. The van der Waals surface area contributed by atoms with Crippen LogP contribution < -0.4 is 11.1 Å². The number of likely N-dealkylation sites (N-methyl/N-ethyl adjacent to an activating group) is 1. The Morgan fingerprint density at radius 3 is 3.00 bits per heavy atom. The highest BCUT2D eigenvalue weighted by molar-refractivity contribution is 5.95. The molecular weight excluding hydrogens is 228 g/mol. The molecule has 5 nitrogen and oxygen atoms in total. The van der Waals surface area contributed by atoms with Crippen molar-refractivity contribution >= 4 is 11.7 Å². The van der Waals surface area contributed by atoms with Crippen molar-refractivity contribution in [1.82, 2.24) is 15.2 Å². The third-order valence-electron chi connectivity index (χ3n) is 3.25. The number of amides is 1. The van der Waals surface area contributed by atoms with Crippen LogP contribution in [-0.4, -0.2) is 42.0 Å². The number of aryl methyl sites for hydroxylation is 1. The van der Waals surface area contributed by atoms with Gasteiger partial charge in [-0.25, -0.2) is 4.98 Å². The Morgan fingerprint density at radius 2 is 2.39 bits per heavy atom. The monoisotopic (exact) mass is 248 g/mol. The normalized spacial score (nSPS) is 20.0. The van der Waals surface area contributed by atoms with Crippen molar-refractivity contribution in [1.29, 1.82) is 0 Å². The number of carbonyl (C=O) groups excluding carboxylic acids is 1. The predicted molar refractivity (Wildman–Crippen MR) is 71.4 cm³/mol. The van der Waals surface area contributed by atoms with Crippen LogP contribution in [-0.2, 0) is 6.42 Å². The van der Waals surface area contributed by atoms with E-state index in [0.29, 0.717) is 11.4 Å². The summed E-state index contributed by atoms with van der Waals surface area (Å²) in [7, 11) is 2.06. The van der Waals surface area contributed by atoms with Gasteiger partial charge in [-0.1, -0.05) is 6.92 Å². The van der Waals surface area contributed by atoms with Crippen LogP contribution in [0.1, 0.15) is 29.4 Å². The first-order valence-electron chi connectivity index (χ1n) is 6.34. The third kappa shape index (κ3) is 2.98. The summed E-state index contributed by atoms with van der Waals surface area (Å²) in [6, 6.07) is 3.68. The lowest BCUT2D eigenvalue weighted by molar-refractivity contribution is 0.0938. The van der Waals surface area contributed by atoms with E-state index in [1.165, 1.54) is 0 Å². The van der Waals surface area contributed by atoms with Gasteiger partial charge in [0.05, 0.1) is 0 Å². The van der Waals surface area contributed by atoms with E-state index in [4.69, 9.17) is 5.73 Å². The van der Waals surface area contributed by atoms with Crippen LogP contribution in [0.15, 0.2) is 12.1 Å². The number of nitrogen functional groups attached to an aromatic ring is 1. The molecule has 1 aliphatic rings. The fourth-order valence-corrected chi connectivity index (χ4v) is 2.24. The Morgan fingerprint density at radius 1 is 1.61 bits per heavy atom. The molecule has 18 heavy (non-hydrogen) atoms. The molecule has 0 aromatic carbocycles. The minimum Gasteiger partial charge on any atom is -0.384 e. The Labute approximate surface area is 107 Å². The van der Waals surface area contributed by atoms with Crippen molar-refractivity contribution in [2.45, 2.75) is 25.8 Å². The Bertz CT molecular complexity index is 447. The summed E-state index contributed by atoms with van der Waals surface area (Å²) in [5.41, 5.74) is 7.16. The molecule has 1 aromatic rings. The van der Waals surface area contributed by atoms with Crippen LogP contribution in [0, 0.1) is 0 Å². The van der Waals surface area contributed by atoms with E-state index >= 15 is 0 Å². The largest absolute Gasteiger partial charge is 0.384 e. The van der Waals surface area contributed by atoms with Crippen LogP contribution in [0.4, 0.5) is 5.82 Å². The number of hydrogen-bond acceptors (Lipinski definition) is 4. The van der Waals surface area contributed by atoms with Gasteiger partial charge in [-0.2, -0.15) is 0 Å². The van der Waals surface area contributed by atoms with Gasteiger partial charge in [0.2, 0.25) is 0 Å². The first-order valence-corrected chi connectivity index (χ1v) is 6.34. The average Bonchev–Trinajstić information content (AvgIpc) is 2.73. The van der Waals surface area contributed by atoms with Gasteiger partial charge in [-0.15, -0.1) is 0 Å². The van der Waals surface area contributed by atoms with Gasteiger partial charge in [-0.05, 0) is 38.6 Å². The number of anilines is 1. The van der Waals surface area contributed by atoms with Gasteiger partial charge >= 0.3 is 0 Å². The Kier molecular flexibility index (Phi) is 3.81. The van der Waals surface area contributed by atoms with E-state index in [9.17, 15) is 4.79 Å². The van der Waals surface area contributed by atoms with Gasteiger partial charge in [0.25, 0.3) is 5.91 Å². The number of rotatable bonds is 3. The van der Waals surface area contributed by atoms with Crippen molar-refractivity contribution in [2.75, 3.05) is 25.9 Å². The minimum atomic E-state index is -0.0564. The topological polar surface area (TPSA) is 71.2 Å². The summed E-state index contributed by atoms with van der Waals surface area (Å²) in [6.07, 6.45) is 1.78. The van der Waals surface area contributed by atoms with Crippen LogP contribution in [0.3, 0.4) is 0 Å². The molecule has 1 aliphatic heterocycles. The summed E-state index contributed by atoms with van der Waals surface area (Å²) >= 11 is 0. The van der Waals surface area contributed by atoms with E-state index in [-0.39, 0.29) is 11.9 Å². The summed E-state index contributed by atoms with van der Waals surface area (Å²) in [5, 5.41) is 3.04. The highest BCUT2D eigenvalue weighted by Gasteiger charge is 2.21. The number of likely N-dealkylation sites (tertiary alicyclic amines) is 1. The molecule has 1 unspecified atom stereocenters. The number of nitrogens with zero attached hydrogens (tertiary/aromatic N) is 2. The maximum Gasteiger partial charge on any atom is 0.251 e. The second kappa shape index (κ2) is 5.35. The van der Waals surface area contributed by atoms with Gasteiger partial charge in [0, 0.05) is 23.8 Å². The molecule has 0 saturated carbocycles. The lowest BCUT2D eigenvalue weighted by Crippen LogP contribution is -2.36. The Balaban J connectivity index is 2.06. The maximum atomic E-state index is 12.1. The first-order chi connectivity index (χ1) is 8.58. The van der Waals surface area contributed by atoms with Crippen LogP contribution in [0.2, 0.25) is 0 Å². The number of aromatic nitrogens is 1. The van der Waals surface area contributed by atoms with E-state index in [1.54, 1.807) is 6.07 Å². The zero-order chi connectivity index (χ0) is 13.1. The SMILES string of the molecule is CCc1cc(C(=O)NC2CCN(C)C2)cc(N)n1. The maximum absolute atomic E-state index is 12.1. The van der Waals surface area contributed by atoms with Crippen LogP contribution >= 0.6 is 0 Å². The molecule has 1 atom stereocenters. The molecule has 2 rings (SSSR count). The molecule has 0 radical (unpaired) electrons. The zero-order valence-electron chi connectivity index (χ0n) is 10.9. The number of hydrogen-bond donors (Lipinski definition) is 2. The lowest BCUT2D eigenvalue weighted by Gasteiger charge is -2.13. The first kappa shape index (κ1) is 12.8. The standard InChI is InChI=1S/C13H20N4O/c1-3-10-6-9(7-12(14)15-10)13(18)16-11-4-5-17(2)8-11/h6-7,11H,3-5,8H2,1-2H3,(H2,14,15)(H,16,18). The molecule has 2 heterocycles. The van der Waals surface area contributed by atoms with Crippen molar-refractivity contribution in [3.8, 4) is 0 Å². The van der Waals surface area contributed by atoms with Crippen molar-refractivity contribution in [2.24, 2.45) is 0 Å². The van der Waals surface area contributed by atoms with E-state index < -0.39 is 0 Å².